The van der Waals surface area contributed by atoms with Crippen LogP contribution in [0.25, 0.3) is 0 Å². The normalized spacial score (nSPS) is 22.4. The summed E-state index contributed by atoms with van der Waals surface area (Å²) in [6, 6.07) is 0. The number of hydrogen-bond acceptors (Lipinski definition) is 2. The molecule has 3 N–H and O–H groups in total. The predicted molar refractivity (Wildman–Crippen MR) is 64.7 cm³/mol. The van der Waals surface area contributed by atoms with Gasteiger partial charge < -0.3 is 10.8 Å². The zero-order valence-electron chi connectivity index (χ0n) is 10.4. The highest BCUT2D eigenvalue weighted by atomic mass is 16.3. The van der Waals surface area contributed by atoms with Crippen LogP contribution in [0.5, 0.6) is 0 Å². The molecule has 1 fully saturated rings. The first-order valence-electron chi connectivity index (χ1n) is 6.56. The van der Waals surface area contributed by atoms with Crippen molar-refractivity contribution in [2.75, 3.05) is 6.54 Å². The fourth-order valence-corrected chi connectivity index (χ4v) is 3.26. The Balaban J connectivity index is 2.89. The van der Waals surface area contributed by atoms with Crippen molar-refractivity contribution in [3.63, 3.8) is 0 Å². The Morgan fingerprint density at radius 1 is 1.07 bits per heavy atom. The molecule has 90 valence electrons. The van der Waals surface area contributed by atoms with Crippen molar-refractivity contribution in [2.24, 2.45) is 11.1 Å². The number of nitrogens with two attached hydrogens (primary N) is 1. The molecule has 0 aromatic carbocycles. The van der Waals surface area contributed by atoms with Crippen molar-refractivity contribution >= 4 is 0 Å². The van der Waals surface area contributed by atoms with E-state index in [1.807, 2.05) is 0 Å². The lowest BCUT2D eigenvalue weighted by Crippen LogP contribution is -2.51. The molecule has 0 aromatic rings. The van der Waals surface area contributed by atoms with Crippen molar-refractivity contribution in [3.05, 3.63) is 0 Å². The molecule has 0 saturated heterocycles. The molecule has 0 heterocycles. The van der Waals surface area contributed by atoms with Gasteiger partial charge in [0.05, 0.1) is 5.60 Å². The first kappa shape index (κ1) is 13.0. The highest BCUT2D eigenvalue weighted by Crippen LogP contribution is 2.46. The molecule has 0 spiro atoms. The lowest BCUT2D eigenvalue weighted by Gasteiger charge is -2.46. The Morgan fingerprint density at radius 3 is 1.87 bits per heavy atom. The van der Waals surface area contributed by atoms with Gasteiger partial charge in [-0.15, -0.1) is 0 Å². The van der Waals surface area contributed by atoms with E-state index in [0.29, 0.717) is 6.54 Å². The van der Waals surface area contributed by atoms with Gasteiger partial charge in [-0.2, -0.15) is 0 Å². The van der Waals surface area contributed by atoms with Crippen molar-refractivity contribution < 1.29 is 5.11 Å². The predicted octanol–water partition coefficient (Wildman–Crippen LogP) is 2.84. The molecule has 1 saturated carbocycles. The van der Waals surface area contributed by atoms with Crippen molar-refractivity contribution in [2.45, 2.75) is 70.8 Å². The molecule has 0 aliphatic heterocycles. The molecule has 2 nitrogen and oxygen atoms in total. The van der Waals surface area contributed by atoms with E-state index in [2.05, 4.69) is 13.8 Å². The van der Waals surface area contributed by atoms with Crippen LogP contribution in [0, 0.1) is 5.41 Å². The molecule has 1 aliphatic carbocycles. The lowest BCUT2D eigenvalue weighted by atomic mass is 9.64. The number of hydrogen-bond donors (Lipinski definition) is 2. The van der Waals surface area contributed by atoms with E-state index in [0.717, 1.165) is 25.7 Å². The summed E-state index contributed by atoms with van der Waals surface area (Å²) in [5.74, 6) is 0. The molecule has 2 heteroatoms. The number of rotatable bonds is 4. The Kier molecular flexibility index (Phi) is 4.60. The van der Waals surface area contributed by atoms with E-state index in [9.17, 15) is 5.11 Å². The maximum atomic E-state index is 10.7. The molecular weight excluding hydrogens is 186 g/mol. The van der Waals surface area contributed by atoms with Gasteiger partial charge in [-0.05, 0) is 25.7 Å². The summed E-state index contributed by atoms with van der Waals surface area (Å²) in [6.07, 6.45) is 8.99. The highest BCUT2D eigenvalue weighted by molar-refractivity contribution is 4.98. The average Bonchev–Trinajstić information content (AvgIpc) is 2.54. The van der Waals surface area contributed by atoms with E-state index in [1.54, 1.807) is 0 Å². The zero-order valence-corrected chi connectivity index (χ0v) is 10.4. The summed E-state index contributed by atoms with van der Waals surface area (Å²) in [6.45, 7) is 4.82. The Morgan fingerprint density at radius 2 is 1.53 bits per heavy atom. The molecule has 0 atom stereocenters. The topological polar surface area (TPSA) is 46.2 Å². The third-order valence-electron chi connectivity index (χ3n) is 4.61. The Labute approximate surface area is 94.2 Å². The molecule has 0 aromatic heterocycles. The SMILES string of the molecule is CCC(O)(CC)C1(CN)CCCCCC1. The average molecular weight is 213 g/mol. The fraction of sp³-hybridized carbons (Fsp3) is 1.00. The summed E-state index contributed by atoms with van der Waals surface area (Å²) in [4.78, 5) is 0. The quantitative estimate of drug-likeness (QED) is 0.705. The monoisotopic (exact) mass is 213 g/mol. The van der Waals surface area contributed by atoms with Crippen LogP contribution in [-0.4, -0.2) is 17.3 Å². The minimum absolute atomic E-state index is 0.00694. The van der Waals surface area contributed by atoms with Crippen molar-refractivity contribution in [1.82, 2.24) is 0 Å². The lowest BCUT2D eigenvalue weighted by molar-refractivity contribution is -0.0949. The van der Waals surface area contributed by atoms with Crippen molar-refractivity contribution in [1.29, 1.82) is 0 Å². The van der Waals surface area contributed by atoms with Crippen LogP contribution in [0.2, 0.25) is 0 Å². The Hall–Kier alpha value is -0.0800. The van der Waals surface area contributed by atoms with E-state index in [-0.39, 0.29) is 5.41 Å². The van der Waals surface area contributed by atoms with Crippen LogP contribution in [0.1, 0.15) is 65.2 Å². The maximum absolute atomic E-state index is 10.7. The summed E-state index contributed by atoms with van der Waals surface area (Å²) >= 11 is 0. The van der Waals surface area contributed by atoms with Gasteiger partial charge in [-0.1, -0.05) is 39.5 Å². The minimum atomic E-state index is -0.536. The zero-order chi connectivity index (χ0) is 11.4. The van der Waals surface area contributed by atoms with Crippen LogP contribution in [0.15, 0.2) is 0 Å². The Bertz CT molecular complexity index is 179. The van der Waals surface area contributed by atoms with E-state index in [1.165, 1.54) is 25.7 Å². The minimum Gasteiger partial charge on any atom is -0.389 e. The van der Waals surface area contributed by atoms with Gasteiger partial charge in [0.15, 0.2) is 0 Å². The van der Waals surface area contributed by atoms with Gasteiger partial charge in [-0.25, -0.2) is 0 Å². The molecular formula is C13H27NO. The van der Waals surface area contributed by atoms with Gasteiger partial charge >= 0.3 is 0 Å². The van der Waals surface area contributed by atoms with E-state index >= 15 is 0 Å². The molecule has 1 rings (SSSR count). The third kappa shape index (κ3) is 2.36. The standard InChI is InChI=1S/C13H27NO/c1-3-13(15,4-2)12(11-14)9-7-5-6-8-10-12/h15H,3-11,14H2,1-2H3. The van der Waals surface area contributed by atoms with Crippen molar-refractivity contribution in [3.8, 4) is 0 Å². The first-order chi connectivity index (χ1) is 7.14. The molecule has 1 aliphatic rings. The smallest absolute Gasteiger partial charge is 0.0710 e. The largest absolute Gasteiger partial charge is 0.389 e. The molecule has 0 amide bonds. The van der Waals surface area contributed by atoms with Crippen LogP contribution in [0.3, 0.4) is 0 Å². The van der Waals surface area contributed by atoms with Crippen LogP contribution in [0.4, 0.5) is 0 Å². The van der Waals surface area contributed by atoms with Crippen LogP contribution >= 0.6 is 0 Å². The van der Waals surface area contributed by atoms with Gasteiger partial charge in [0, 0.05) is 12.0 Å². The van der Waals surface area contributed by atoms with E-state index < -0.39 is 5.60 Å². The number of aliphatic hydroxyl groups is 1. The first-order valence-corrected chi connectivity index (χ1v) is 6.56. The summed E-state index contributed by atoms with van der Waals surface area (Å²) in [5, 5.41) is 10.7. The second kappa shape index (κ2) is 5.31. The summed E-state index contributed by atoms with van der Waals surface area (Å²) in [7, 11) is 0. The summed E-state index contributed by atoms with van der Waals surface area (Å²) < 4.78 is 0. The molecule has 0 radical (unpaired) electrons. The molecule has 15 heavy (non-hydrogen) atoms. The third-order valence-corrected chi connectivity index (χ3v) is 4.61. The molecule has 0 bridgehead atoms. The van der Waals surface area contributed by atoms with Gasteiger partial charge in [-0.3, -0.25) is 0 Å². The fourth-order valence-electron chi connectivity index (χ4n) is 3.26. The van der Waals surface area contributed by atoms with Gasteiger partial charge in [0.2, 0.25) is 0 Å². The highest BCUT2D eigenvalue weighted by Gasteiger charge is 2.46. The molecule has 0 unspecified atom stereocenters. The van der Waals surface area contributed by atoms with Gasteiger partial charge in [0.25, 0.3) is 0 Å². The van der Waals surface area contributed by atoms with Crippen LogP contribution < -0.4 is 5.73 Å². The second-order valence-corrected chi connectivity index (χ2v) is 5.14. The van der Waals surface area contributed by atoms with Crippen LogP contribution in [-0.2, 0) is 0 Å². The maximum Gasteiger partial charge on any atom is 0.0710 e. The van der Waals surface area contributed by atoms with Gasteiger partial charge in [0.1, 0.15) is 0 Å². The summed E-state index contributed by atoms with van der Waals surface area (Å²) in [5.41, 5.74) is 5.44. The second-order valence-electron chi connectivity index (χ2n) is 5.14. The van der Waals surface area contributed by atoms with E-state index in [4.69, 9.17) is 5.73 Å².